The monoisotopic (exact) mass is 408 g/mol. The highest BCUT2D eigenvalue weighted by molar-refractivity contribution is 8.01. The summed E-state index contributed by atoms with van der Waals surface area (Å²) in [7, 11) is -1.69. The molecule has 0 fully saturated rings. The van der Waals surface area contributed by atoms with Gasteiger partial charge in [0.05, 0.1) is 23.1 Å². The van der Waals surface area contributed by atoms with Gasteiger partial charge in [-0.25, -0.2) is 13.4 Å². The summed E-state index contributed by atoms with van der Waals surface area (Å²) in [5.74, 6) is 1.60. The molecule has 2 aromatic carbocycles. The molecule has 1 heterocycles. The fourth-order valence-electron chi connectivity index (χ4n) is 2.33. The van der Waals surface area contributed by atoms with Gasteiger partial charge < -0.3 is 4.74 Å². The minimum atomic E-state index is -3.33. The Morgan fingerprint density at radius 2 is 1.96 bits per heavy atom. The number of ether oxygens (including phenoxy) is 1. The van der Waals surface area contributed by atoms with Gasteiger partial charge in [0.15, 0.2) is 4.34 Å². The fourth-order valence-corrected chi connectivity index (χ4v) is 5.74. The Morgan fingerprint density at radius 3 is 2.69 bits per heavy atom. The average molecular weight is 409 g/mol. The van der Waals surface area contributed by atoms with E-state index in [9.17, 15) is 8.42 Å². The predicted octanol–water partition coefficient (Wildman–Crippen LogP) is 4.54. The molecule has 8 heteroatoms. The lowest BCUT2D eigenvalue weighted by atomic mass is 10.2. The number of nitrogens with one attached hydrogen (secondary N) is 1. The minimum Gasteiger partial charge on any atom is -0.497 e. The maximum absolute atomic E-state index is 12.2. The smallest absolute Gasteiger partial charge is 0.232 e. The van der Waals surface area contributed by atoms with Crippen LogP contribution >= 0.6 is 23.1 Å². The molecule has 1 N–H and O–H groups in total. The predicted molar refractivity (Wildman–Crippen MR) is 110 cm³/mol. The van der Waals surface area contributed by atoms with Gasteiger partial charge in [-0.15, -0.1) is 11.3 Å². The Labute approximate surface area is 161 Å². The summed E-state index contributed by atoms with van der Waals surface area (Å²) in [5, 5.41) is 0. The summed E-state index contributed by atoms with van der Waals surface area (Å²) < 4.78 is 34.2. The van der Waals surface area contributed by atoms with Gasteiger partial charge in [0, 0.05) is 11.4 Å². The molecule has 0 aliphatic rings. The molecular weight excluding hydrogens is 388 g/mol. The lowest BCUT2D eigenvalue weighted by Crippen LogP contribution is -2.17. The lowest BCUT2D eigenvalue weighted by Gasteiger charge is -2.07. The molecule has 0 aliphatic carbocycles. The molecule has 138 valence electrons. The summed E-state index contributed by atoms with van der Waals surface area (Å²) >= 11 is 3.18. The second-order valence-corrected chi connectivity index (χ2v) is 10.0. The Hall–Kier alpha value is -1.77. The van der Waals surface area contributed by atoms with E-state index in [1.165, 1.54) is 0 Å². The van der Waals surface area contributed by atoms with Crippen LogP contribution in [0, 0.1) is 6.92 Å². The van der Waals surface area contributed by atoms with Gasteiger partial charge in [0.25, 0.3) is 0 Å². The first kappa shape index (κ1) is 19.0. The number of aryl methyl sites for hydroxylation is 1. The third kappa shape index (κ3) is 5.12. The van der Waals surface area contributed by atoms with Crippen LogP contribution in [0.4, 0.5) is 5.69 Å². The summed E-state index contributed by atoms with van der Waals surface area (Å²) in [6.07, 6.45) is 0.561. The molecule has 0 saturated carbocycles. The van der Waals surface area contributed by atoms with Crippen molar-refractivity contribution >= 4 is 49.0 Å². The second-order valence-electron chi connectivity index (χ2n) is 5.80. The van der Waals surface area contributed by atoms with Crippen LogP contribution in [0.25, 0.3) is 10.2 Å². The summed E-state index contributed by atoms with van der Waals surface area (Å²) in [6, 6.07) is 13.1. The van der Waals surface area contributed by atoms with Gasteiger partial charge in [0.1, 0.15) is 5.75 Å². The van der Waals surface area contributed by atoms with Crippen LogP contribution in [0.5, 0.6) is 5.75 Å². The number of nitrogens with zero attached hydrogens (tertiary/aromatic N) is 1. The number of rotatable bonds is 8. The number of benzene rings is 2. The Balaban J connectivity index is 1.50. The van der Waals surface area contributed by atoms with Crippen LogP contribution in [0.1, 0.15) is 12.0 Å². The van der Waals surface area contributed by atoms with E-state index in [-0.39, 0.29) is 5.75 Å². The summed E-state index contributed by atoms with van der Waals surface area (Å²) in [6.45, 7) is 1.97. The Bertz CT molecular complexity index is 983. The minimum absolute atomic E-state index is 0.0899. The van der Waals surface area contributed by atoms with Crippen molar-refractivity contribution < 1.29 is 13.2 Å². The molecule has 0 radical (unpaired) electrons. The zero-order valence-corrected chi connectivity index (χ0v) is 17.0. The SMILES string of the molecule is COc1ccc2nc(SCCCS(=O)(=O)Nc3ccc(C)cc3)sc2c1. The quantitative estimate of drug-likeness (QED) is 0.438. The average Bonchev–Trinajstić information content (AvgIpc) is 3.02. The van der Waals surface area contributed by atoms with Crippen molar-refractivity contribution in [3.63, 3.8) is 0 Å². The molecule has 0 aliphatic heterocycles. The van der Waals surface area contributed by atoms with E-state index in [4.69, 9.17) is 4.74 Å². The second kappa shape index (κ2) is 8.28. The van der Waals surface area contributed by atoms with Gasteiger partial charge >= 0.3 is 0 Å². The lowest BCUT2D eigenvalue weighted by molar-refractivity contribution is 0.415. The van der Waals surface area contributed by atoms with Crippen LogP contribution in [-0.4, -0.2) is 32.0 Å². The standard InChI is InChI=1S/C18H20N2O3S3/c1-13-4-6-14(7-5-13)20-26(21,22)11-3-10-24-18-19-16-9-8-15(23-2)12-17(16)25-18/h4-9,12,20H,3,10-11H2,1-2H3. The van der Waals surface area contributed by atoms with E-state index in [0.717, 1.165) is 25.9 Å². The van der Waals surface area contributed by atoms with Gasteiger partial charge in [-0.1, -0.05) is 29.5 Å². The van der Waals surface area contributed by atoms with Crippen LogP contribution in [0.3, 0.4) is 0 Å². The molecule has 0 unspecified atom stereocenters. The number of thioether (sulfide) groups is 1. The zero-order valence-electron chi connectivity index (χ0n) is 14.6. The highest BCUT2D eigenvalue weighted by Crippen LogP contribution is 2.32. The first-order chi connectivity index (χ1) is 12.4. The molecule has 26 heavy (non-hydrogen) atoms. The number of anilines is 1. The maximum Gasteiger partial charge on any atom is 0.232 e. The summed E-state index contributed by atoms with van der Waals surface area (Å²) in [4.78, 5) is 4.56. The highest BCUT2D eigenvalue weighted by Gasteiger charge is 2.11. The van der Waals surface area contributed by atoms with Gasteiger partial charge in [-0.3, -0.25) is 4.72 Å². The van der Waals surface area contributed by atoms with Crippen molar-refractivity contribution in [3.05, 3.63) is 48.0 Å². The maximum atomic E-state index is 12.2. The Morgan fingerprint density at radius 1 is 1.19 bits per heavy atom. The van der Waals surface area contributed by atoms with E-state index in [0.29, 0.717) is 17.9 Å². The number of aromatic nitrogens is 1. The molecule has 0 spiro atoms. The molecule has 3 aromatic rings. The van der Waals surface area contributed by atoms with Gasteiger partial charge in [-0.2, -0.15) is 0 Å². The first-order valence-electron chi connectivity index (χ1n) is 8.10. The largest absolute Gasteiger partial charge is 0.497 e. The third-order valence-electron chi connectivity index (χ3n) is 3.68. The molecule has 1 aromatic heterocycles. The van der Waals surface area contributed by atoms with Crippen molar-refractivity contribution in [2.45, 2.75) is 17.7 Å². The van der Waals surface area contributed by atoms with E-state index in [1.807, 2.05) is 37.3 Å². The van der Waals surface area contributed by atoms with Crippen molar-refractivity contribution in [3.8, 4) is 5.75 Å². The third-order valence-corrected chi connectivity index (χ3v) is 7.30. The van der Waals surface area contributed by atoms with E-state index in [1.54, 1.807) is 42.3 Å². The highest BCUT2D eigenvalue weighted by atomic mass is 32.2. The fraction of sp³-hybridized carbons (Fsp3) is 0.278. The normalized spacial score (nSPS) is 11.6. The van der Waals surface area contributed by atoms with Crippen molar-refractivity contribution in [2.24, 2.45) is 0 Å². The topological polar surface area (TPSA) is 68.3 Å². The Kier molecular flexibility index (Phi) is 6.05. The van der Waals surface area contributed by atoms with Crippen molar-refractivity contribution in [1.82, 2.24) is 4.98 Å². The van der Waals surface area contributed by atoms with E-state index in [2.05, 4.69) is 9.71 Å². The molecule has 0 bridgehead atoms. The molecule has 0 atom stereocenters. The van der Waals surface area contributed by atoms with Crippen LogP contribution in [-0.2, 0) is 10.0 Å². The van der Waals surface area contributed by atoms with Crippen molar-refractivity contribution in [2.75, 3.05) is 23.3 Å². The van der Waals surface area contributed by atoms with Crippen LogP contribution in [0.15, 0.2) is 46.8 Å². The molecule has 0 amide bonds. The van der Waals surface area contributed by atoms with Gasteiger partial charge in [-0.05, 0) is 43.7 Å². The number of hydrogen-bond acceptors (Lipinski definition) is 6. The van der Waals surface area contributed by atoms with E-state index >= 15 is 0 Å². The first-order valence-corrected chi connectivity index (χ1v) is 11.6. The number of hydrogen-bond donors (Lipinski definition) is 1. The number of thiazole rings is 1. The molecule has 5 nitrogen and oxygen atoms in total. The van der Waals surface area contributed by atoms with E-state index < -0.39 is 10.0 Å². The van der Waals surface area contributed by atoms with Crippen LogP contribution in [0.2, 0.25) is 0 Å². The number of methoxy groups -OCH3 is 1. The molecule has 0 saturated heterocycles. The number of sulfonamides is 1. The molecule has 3 rings (SSSR count). The summed E-state index contributed by atoms with van der Waals surface area (Å²) in [5.41, 5.74) is 2.63. The van der Waals surface area contributed by atoms with Crippen LogP contribution < -0.4 is 9.46 Å². The zero-order chi connectivity index (χ0) is 18.6. The molecular formula is C18H20N2O3S3. The number of fused-ring (bicyclic) bond motifs is 1. The van der Waals surface area contributed by atoms with Gasteiger partial charge in [0.2, 0.25) is 10.0 Å². The van der Waals surface area contributed by atoms with Crippen molar-refractivity contribution in [1.29, 1.82) is 0 Å².